The Bertz CT molecular complexity index is 1050. The number of nitrogens with two attached hydrogens (primary N) is 1. The normalized spacial score (nSPS) is 18.3. The van der Waals surface area contributed by atoms with Crippen LogP contribution in [-0.4, -0.2) is 14.8 Å². The average molecular weight is 423 g/mol. The predicted molar refractivity (Wildman–Crippen MR) is 104 cm³/mol. The number of sulfonamides is 1. The third-order valence-corrected chi connectivity index (χ3v) is 6.27. The van der Waals surface area contributed by atoms with Gasteiger partial charge in [-0.05, 0) is 71.1 Å². The molecule has 2 aliphatic rings. The SMILES string of the molecule is NS(=O)(=O)Cc1ccc(C2=C(c3ccc(OC(F)(F)F)cc3)CC3(CC3)C2)cc1. The van der Waals surface area contributed by atoms with E-state index in [1.807, 2.05) is 12.1 Å². The summed E-state index contributed by atoms with van der Waals surface area (Å²) in [6, 6.07) is 13.3. The standard InChI is InChI=1S/C21H20F3NO3S/c22-21(23,24)28-17-7-5-16(6-8-17)19-12-20(9-10-20)11-18(19)15-3-1-14(2-4-15)13-29(25,26)27/h1-8H,9-13H2,(H2,25,26,27). The predicted octanol–water partition coefficient (Wildman–Crippen LogP) is 4.86. The Hall–Kier alpha value is -2.32. The summed E-state index contributed by atoms with van der Waals surface area (Å²) >= 11 is 0. The molecule has 2 N–H and O–H groups in total. The number of hydrogen-bond donors (Lipinski definition) is 1. The minimum absolute atomic E-state index is 0.218. The number of alkyl halides is 3. The summed E-state index contributed by atoms with van der Waals surface area (Å²) < 4.78 is 63.7. The minimum atomic E-state index is -4.71. The van der Waals surface area contributed by atoms with Gasteiger partial charge in [-0.2, -0.15) is 0 Å². The lowest BCUT2D eigenvalue weighted by Gasteiger charge is -2.12. The van der Waals surface area contributed by atoms with Crippen molar-refractivity contribution in [2.45, 2.75) is 37.8 Å². The molecule has 0 saturated heterocycles. The highest BCUT2D eigenvalue weighted by molar-refractivity contribution is 7.88. The number of benzene rings is 2. The molecule has 0 aromatic heterocycles. The van der Waals surface area contributed by atoms with Gasteiger partial charge in [-0.1, -0.05) is 36.4 Å². The first-order valence-electron chi connectivity index (χ1n) is 9.20. The Morgan fingerprint density at radius 1 is 0.897 bits per heavy atom. The van der Waals surface area contributed by atoms with E-state index in [0.717, 1.165) is 48.0 Å². The molecule has 0 aliphatic heterocycles. The van der Waals surface area contributed by atoms with Crippen LogP contribution >= 0.6 is 0 Å². The van der Waals surface area contributed by atoms with E-state index in [9.17, 15) is 21.6 Å². The number of allylic oxidation sites excluding steroid dienone is 2. The van der Waals surface area contributed by atoms with Crippen LogP contribution in [0.5, 0.6) is 5.75 Å². The van der Waals surface area contributed by atoms with Crippen molar-refractivity contribution in [3.05, 3.63) is 65.2 Å². The molecule has 0 bridgehead atoms. The van der Waals surface area contributed by atoms with E-state index < -0.39 is 16.4 Å². The maximum Gasteiger partial charge on any atom is 0.573 e. The van der Waals surface area contributed by atoms with Crippen molar-refractivity contribution in [3.63, 3.8) is 0 Å². The Morgan fingerprint density at radius 3 is 1.79 bits per heavy atom. The average Bonchev–Trinajstić information content (AvgIpc) is 3.25. The monoisotopic (exact) mass is 423 g/mol. The zero-order valence-electron chi connectivity index (χ0n) is 15.5. The summed E-state index contributed by atoms with van der Waals surface area (Å²) in [7, 11) is -3.59. The van der Waals surface area contributed by atoms with Crippen LogP contribution in [0.3, 0.4) is 0 Å². The number of hydrogen-bond acceptors (Lipinski definition) is 3. The molecule has 8 heteroatoms. The van der Waals surface area contributed by atoms with Crippen LogP contribution < -0.4 is 9.88 Å². The van der Waals surface area contributed by atoms with Gasteiger partial charge in [0.2, 0.25) is 10.0 Å². The highest BCUT2D eigenvalue weighted by Crippen LogP contribution is 2.63. The molecule has 4 nitrogen and oxygen atoms in total. The first kappa shape index (κ1) is 20.0. The van der Waals surface area contributed by atoms with Crippen LogP contribution in [0.4, 0.5) is 13.2 Å². The van der Waals surface area contributed by atoms with Gasteiger partial charge in [-0.25, -0.2) is 13.6 Å². The van der Waals surface area contributed by atoms with Crippen LogP contribution in [0.15, 0.2) is 48.5 Å². The van der Waals surface area contributed by atoms with E-state index in [1.54, 1.807) is 24.3 Å². The van der Waals surface area contributed by atoms with Crippen molar-refractivity contribution in [2.24, 2.45) is 10.6 Å². The van der Waals surface area contributed by atoms with Gasteiger partial charge < -0.3 is 4.74 Å². The van der Waals surface area contributed by atoms with E-state index in [0.29, 0.717) is 5.56 Å². The molecule has 154 valence electrons. The first-order valence-corrected chi connectivity index (χ1v) is 10.9. The second kappa shape index (κ2) is 6.88. The van der Waals surface area contributed by atoms with Gasteiger partial charge >= 0.3 is 6.36 Å². The molecule has 1 fully saturated rings. The van der Waals surface area contributed by atoms with E-state index in [4.69, 9.17) is 5.14 Å². The quantitative estimate of drug-likeness (QED) is 0.747. The number of ether oxygens (including phenoxy) is 1. The van der Waals surface area contributed by atoms with Crippen molar-refractivity contribution in [2.75, 3.05) is 0 Å². The fourth-order valence-corrected chi connectivity index (χ4v) is 4.66. The lowest BCUT2D eigenvalue weighted by Crippen LogP contribution is -2.17. The van der Waals surface area contributed by atoms with E-state index >= 15 is 0 Å². The van der Waals surface area contributed by atoms with Crippen LogP contribution in [0.25, 0.3) is 11.1 Å². The van der Waals surface area contributed by atoms with Crippen molar-refractivity contribution in [3.8, 4) is 5.75 Å². The molecule has 4 rings (SSSR count). The van der Waals surface area contributed by atoms with Crippen molar-refractivity contribution in [1.29, 1.82) is 0 Å². The van der Waals surface area contributed by atoms with E-state index in [1.165, 1.54) is 12.1 Å². The molecule has 29 heavy (non-hydrogen) atoms. The largest absolute Gasteiger partial charge is 0.573 e. The number of rotatable bonds is 5. The lowest BCUT2D eigenvalue weighted by molar-refractivity contribution is -0.274. The summed E-state index contributed by atoms with van der Waals surface area (Å²) in [5.41, 5.74) is 5.04. The minimum Gasteiger partial charge on any atom is -0.406 e. The van der Waals surface area contributed by atoms with E-state index in [-0.39, 0.29) is 16.9 Å². The van der Waals surface area contributed by atoms with Crippen LogP contribution in [-0.2, 0) is 15.8 Å². The van der Waals surface area contributed by atoms with Gasteiger partial charge in [0, 0.05) is 0 Å². The molecule has 2 aliphatic carbocycles. The second-order valence-electron chi connectivity index (χ2n) is 7.89. The van der Waals surface area contributed by atoms with Crippen molar-refractivity contribution in [1.82, 2.24) is 0 Å². The third kappa shape index (κ3) is 4.82. The smallest absolute Gasteiger partial charge is 0.406 e. The first-order chi connectivity index (χ1) is 13.5. The summed E-state index contributed by atoms with van der Waals surface area (Å²) in [5, 5.41) is 5.10. The second-order valence-corrected chi connectivity index (χ2v) is 9.50. The molecule has 2 aromatic rings. The van der Waals surface area contributed by atoms with E-state index in [2.05, 4.69) is 4.74 Å². The highest BCUT2D eigenvalue weighted by Gasteiger charge is 2.48. The molecular formula is C21H20F3NO3S. The summed E-state index contributed by atoms with van der Waals surface area (Å²) in [5.74, 6) is -0.459. The molecule has 1 spiro atoms. The number of halogens is 3. The van der Waals surface area contributed by atoms with Gasteiger partial charge in [0.15, 0.2) is 0 Å². The van der Waals surface area contributed by atoms with Crippen molar-refractivity contribution < 1.29 is 26.3 Å². The van der Waals surface area contributed by atoms with Gasteiger partial charge in [-0.15, -0.1) is 13.2 Å². The lowest BCUT2D eigenvalue weighted by atomic mass is 9.96. The zero-order valence-corrected chi connectivity index (χ0v) is 16.3. The zero-order chi connectivity index (χ0) is 20.9. The van der Waals surface area contributed by atoms with Crippen LogP contribution in [0, 0.1) is 5.41 Å². The summed E-state index contributed by atoms with van der Waals surface area (Å²) in [6.07, 6.45) is -0.633. The van der Waals surface area contributed by atoms with Gasteiger partial charge in [0.1, 0.15) is 5.75 Å². The molecule has 0 amide bonds. The Morgan fingerprint density at radius 2 is 1.38 bits per heavy atom. The Labute approximate surface area is 167 Å². The molecule has 0 heterocycles. The topological polar surface area (TPSA) is 69.4 Å². The molecule has 0 atom stereocenters. The Balaban J connectivity index is 1.63. The maximum absolute atomic E-state index is 12.4. The molecular weight excluding hydrogens is 403 g/mol. The van der Waals surface area contributed by atoms with Crippen LogP contribution in [0.2, 0.25) is 0 Å². The number of primary sulfonamides is 1. The Kier molecular flexibility index (Phi) is 4.74. The van der Waals surface area contributed by atoms with Gasteiger partial charge in [0.05, 0.1) is 5.75 Å². The fraction of sp³-hybridized carbons (Fsp3) is 0.333. The maximum atomic E-state index is 12.4. The summed E-state index contributed by atoms with van der Waals surface area (Å²) in [4.78, 5) is 0. The molecule has 0 radical (unpaired) electrons. The van der Waals surface area contributed by atoms with Gasteiger partial charge in [0.25, 0.3) is 0 Å². The molecule has 0 unspecified atom stereocenters. The molecule has 2 aromatic carbocycles. The van der Waals surface area contributed by atoms with Crippen LogP contribution in [0.1, 0.15) is 42.4 Å². The fourth-order valence-electron chi connectivity index (χ4n) is 4.00. The van der Waals surface area contributed by atoms with Crippen molar-refractivity contribution >= 4 is 21.2 Å². The summed E-state index contributed by atoms with van der Waals surface area (Å²) in [6.45, 7) is 0. The highest BCUT2D eigenvalue weighted by atomic mass is 32.2. The third-order valence-electron chi connectivity index (χ3n) is 5.53. The molecule has 1 saturated carbocycles. The van der Waals surface area contributed by atoms with Gasteiger partial charge in [-0.3, -0.25) is 0 Å².